The molecular formula is C22H33N3O4. The van der Waals surface area contributed by atoms with Crippen molar-refractivity contribution in [3.63, 3.8) is 0 Å². The lowest BCUT2D eigenvalue weighted by atomic mass is 9.93. The van der Waals surface area contributed by atoms with Crippen LogP contribution in [-0.4, -0.2) is 86.5 Å². The van der Waals surface area contributed by atoms with E-state index in [-0.39, 0.29) is 18.4 Å². The first kappa shape index (κ1) is 21.4. The summed E-state index contributed by atoms with van der Waals surface area (Å²) in [6.07, 6.45) is 3.48. The number of likely N-dealkylation sites (tertiary alicyclic amines) is 1. The molecule has 1 unspecified atom stereocenters. The molecule has 29 heavy (non-hydrogen) atoms. The van der Waals surface area contributed by atoms with Crippen molar-refractivity contribution in [3.05, 3.63) is 24.3 Å². The fourth-order valence-electron chi connectivity index (χ4n) is 4.04. The normalized spacial score (nSPS) is 20.4. The van der Waals surface area contributed by atoms with Gasteiger partial charge in [0, 0.05) is 45.7 Å². The van der Waals surface area contributed by atoms with E-state index in [1.165, 1.54) is 0 Å². The molecule has 7 nitrogen and oxygen atoms in total. The Morgan fingerprint density at radius 2 is 1.72 bits per heavy atom. The van der Waals surface area contributed by atoms with Crippen molar-refractivity contribution in [1.29, 1.82) is 0 Å². The fraction of sp³-hybridized carbons (Fsp3) is 0.636. The molecule has 160 valence electrons. The monoisotopic (exact) mass is 403 g/mol. The van der Waals surface area contributed by atoms with Crippen molar-refractivity contribution in [2.24, 2.45) is 5.92 Å². The Kier molecular flexibility index (Phi) is 7.75. The molecule has 0 aliphatic carbocycles. The quantitative estimate of drug-likeness (QED) is 0.696. The number of piperidine rings is 1. The summed E-state index contributed by atoms with van der Waals surface area (Å²) in [7, 11) is 3.68. The number of nitrogens with zero attached hydrogens (tertiary/aromatic N) is 3. The van der Waals surface area contributed by atoms with Gasteiger partial charge < -0.3 is 24.2 Å². The van der Waals surface area contributed by atoms with Crippen molar-refractivity contribution < 1.29 is 19.1 Å². The van der Waals surface area contributed by atoms with E-state index in [2.05, 4.69) is 11.9 Å². The zero-order valence-electron chi connectivity index (χ0n) is 17.6. The van der Waals surface area contributed by atoms with Crippen molar-refractivity contribution >= 4 is 11.8 Å². The van der Waals surface area contributed by atoms with Gasteiger partial charge in [-0.25, -0.2) is 0 Å². The molecule has 2 aliphatic heterocycles. The highest BCUT2D eigenvalue weighted by atomic mass is 16.5. The number of hydrogen-bond acceptors (Lipinski definition) is 5. The van der Waals surface area contributed by atoms with Gasteiger partial charge in [-0.05, 0) is 44.4 Å². The highest BCUT2D eigenvalue weighted by Crippen LogP contribution is 2.26. The molecule has 0 saturated carbocycles. The van der Waals surface area contributed by atoms with Crippen molar-refractivity contribution in [2.45, 2.75) is 25.7 Å². The number of amides is 2. The molecule has 7 heteroatoms. The number of benzene rings is 1. The summed E-state index contributed by atoms with van der Waals surface area (Å²) >= 11 is 0. The zero-order valence-corrected chi connectivity index (χ0v) is 17.6. The molecule has 3 rings (SSSR count). The predicted octanol–water partition coefficient (Wildman–Crippen LogP) is 1.87. The van der Waals surface area contributed by atoms with E-state index in [0.717, 1.165) is 52.0 Å². The van der Waals surface area contributed by atoms with E-state index in [1.807, 2.05) is 28.0 Å². The van der Waals surface area contributed by atoms with Crippen molar-refractivity contribution in [2.75, 3.05) is 60.0 Å². The fourth-order valence-corrected chi connectivity index (χ4v) is 4.04. The zero-order chi connectivity index (χ0) is 20.6. The van der Waals surface area contributed by atoms with Crippen LogP contribution in [0.4, 0.5) is 0 Å². The second-order valence-electron chi connectivity index (χ2n) is 8.01. The van der Waals surface area contributed by atoms with E-state index in [0.29, 0.717) is 30.4 Å². The lowest BCUT2D eigenvalue weighted by molar-refractivity contribution is -0.135. The van der Waals surface area contributed by atoms with Gasteiger partial charge in [0.05, 0.1) is 7.11 Å². The first-order valence-corrected chi connectivity index (χ1v) is 10.6. The van der Waals surface area contributed by atoms with E-state index >= 15 is 0 Å². The van der Waals surface area contributed by atoms with Gasteiger partial charge in [-0.1, -0.05) is 12.1 Å². The molecule has 0 radical (unpaired) electrons. The van der Waals surface area contributed by atoms with Crippen LogP contribution in [0.2, 0.25) is 0 Å². The van der Waals surface area contributed by atoms with Crippen LogP contribution in [0.1, 0.15) is 25.7 Å². The minimum absolute atomic E-state index is 0.00726. The van der Waals surface area contributed by atoms with E-state index in [9.17, 15) is 9.59 Å². The second kappa shape index (κ2) is 10.5. The molecule has 2 heterocycles. The molecule has 2 aliphatic rings. The maximum atomic E-state index is 12.6. The SMILES string of the molecule is COc1ccccc1OCC(=O)N1CCCC(CCC(=O)N2CCN(C)CC2)C1. The van der Waals surface area contributed by atoms with Crippen LogP contribution in [0, 0.1) is 5.92 Å². The Morgan fingerprint density at radius 1 is 1.00 bits per heavy atom. The number of hydrogen-bond donors (Lipinski definition) is 0. The summed E-state index contributed by atoms with van der Waals surface area (Å²) in [6.45, 7) is 5.03. The molecule has 0 bridgehead atoms. The molecule has 2 saturated heterocycles. The number of carbonyl (C=O) groups excluding carboxylic acids is 2. The van der Waals surface area contributed by atoms with Crippen LogP contribution < -0.4 is 9.47 Å². The number of para-hydroxylation sites is 2. The van der Waals surface area contributed by atoms with E-state index in [1.54, 1.807) is 13.2 Å². The van der Waals surface area contributed by atoms with Crippen molar-refractivity contribution in [3.8, 4) is 11.5 Å². The molecule has 1 atom stereocenters. The molecule has 1 aromatic rings. The first-order chi connectivity index (χ1) is 14.1. The van der Waals surface area contributed by atoms with Crippen LogP contribution in [0.15, 0.2) is 24.3 Å². The average Bonchev–Trinajstić information content (AvgIpc) is 2.76. The lowest BCUT2D eigenvalue weighted by Crippen LogP contribution is -2.47. The number of rotatable bonds is 7. The van der Waals surface area contributed by atoms with Gasteiger partial charge in [-0.2, -0.15) is 0 Å². The van der Waals surface area contributed by atoms with Gasteiger partial charge in [0.15, 0.2) is 18.1 Å². The third kappa shape index (κ3) is 6.10. The molecular weight excluding hydrogens is 370 g/mol. The third-order valence-electron chi connectivity index (χ3n) is 5.91. The molecule has 0 N–H and O–H groups in total. The number of likely N-dealkylation sites (N-methyl/N-ethyl adjacent to an activating group) is 1. The van der Waals surface area contributed by atoms with Crippen LogP contribution in [0.25, 0.3) is 0 Å². The summed E-state index contributed by atoms with van der Waals surface area (Å²) in [6, 6.07) is 7.34. The summed E-state index contributed by atoms with van der Waals surface area (Å²) in [5, 5.41) is 0. The van der Waals surface area contributed by atoms with Crippen LogP contribution in [0.5, 0.6) is 11.5 Å². The highest BCUT2D eigenvalue weighted by Gasteiger charge is 2.26. The average molecular weight is 404 g/mol. The minimum Gasteiger partial charge on any atom is -0.493 e. The van der Waals surface area contributed by atoms with Crippen molar-refractivity contribution in [1.82, 2.24) is 14.7 Å². The topological polar surface area (TPSA) is 62.3 Å². The Morgan fingerprint density at radius 3 is 2.45 bits per heavy atom. The van der Waals surface area contributed by atoms with E-state index < -0.39 is 0 Å². The first-order valence-electron chi connectivity index (χ1n) is 10.6. The summed E-state index contributed by atoms with van der Waals surface area (Å²) in [4.78, 5) is 31.2. The number of carbonyl (C=O) groups is 2. The number of piperazine rings is 1. The maximum absolute atomic E-state index is 12.6. The summed E-state index contributed by atoms with van der Waals surface area (Å²) < 4.78 is 10.9. The van der Waals surface area contributed by atoms with Crippen LogP contribution in [-0.2, 0) is 9.59 Å². The maximum Gasteiger partial charge on any atom is 0.260 e. The lowest BCUT2D eigenvalue weighted by Gasteiger charge is -2.34. The van der Waals surface area contributed by atoms with Gasteiger partial charge in [0.25, 0.3) is 5.91 Å². The van der Waals surface area contributed by atoms with Crippen LogP contribution in [0.3, 0.4) is 0 Å². The van der Waals surface area contributed by atoms with Gasteiger partial charge >= 0.3 is 0 Å². The molecule has 1 aromatic carbocycles. The van der Waals surface area contributed by atoms with Gasteiger partial charge in [0.2, 0.25) is 5.91 Å². The largest absolute Gasteiger partial charge is 0.493 e. The van der Waals surface area contributed by atoms with Gasteiger partial charge in [-0.3, -0.25) is 9.59 Å². The Balaban J connectivity index is 1.42. The molecule has 2 amide bonds. The highest BCUT2D eigenvalue weighted by molar-refractivity contribution is 5.78. The third-order valence-corrected chi connectivity index (χ3v) is 5.91. The predicted molar refractivity (Wildman–Crippen MR) is 111 cm³/mol. The minimum atomic E-state index is -0.00833. The molecule has 0 aromatic heterocycles. The van der Waals surface area contributed by atoms with Gasteiger partial charge in [0.1, 0.15) is 0 Å². The smallest absolute Gasteiger partial charge is 0.260 e. The van der Waals surface area contributed by atoms with Gasteiger partial charge in [-0.15, -0.1) is 0 Å². The second-order valence-corrected chi connectivity index (χ2v) is 8.01. The van der Waals surface area contributed by atoms with Crippen LogP contribution >= 0.6 is 0 Å². The number of ether oxygens (including phenoxy) is 2. The van der Waals surface area contributed by atoms with E-state index in [4.69, 9.17) is 9.47 Å². The standard InChI is InChI=1S/C22H33N3O4/c1-23-12-14-24(15-13-23)21(26)10-9-18-6-5-11-25(16-18)22(27)17-29-20-8-4-3-7-19(20)28-2/h3-4,7-8,18H,5-6,9-17H2,1-2H3. The Hall–Kier alpha value is -2.28. The molecule has 0 spiro atoms. The Labute approximate surface area is 173 Å². The summed E-state index contributed by atoms with van der Waals surface area (Å²) in [5.41, 5.74) is 0. The summed E-state index contributed by atoms with van der Waals surface area (Å²) in [5.74, 6) is 1.83. The molecule has 2 fully saturated rings. The number of methoxy groups -OCH3 is 1. The Bertz CT molecular complexity index is 688.